The molecule has 1 aliphatic heterocycles. The molecule has 0 spiro atoms. The highest BCUT2D eigenvalue weighted by atomic mass is 79.9. The molecule has 11 heavy (non-hydrogen) atoms. The van der Waals surface area contributed by atoms with Gasteiger partial charge >= 0.3 is 0 Å². The summed E-state index contributed by atoms with van der Waals surface area (Å²) in [5.41, 5.74) is 0. The fourth-order valence-corrected chi connectivity index (χ4v) is 1.52. The molecule has 3 heteroatoms. The number of nitrogens with one attached hydrogen (secondary N) is 1. The van der Waals surface area contributed by atoms with E-state index in [1.54, 1.807) is 4.90 Å². The molecule has 68 valence electrons. The van der Waals surface area contributed by atoms with E-state index in [1.807, 2.05) is 0 Å². The van der Waals surface area contributed by atoms with Crippen LogP contribution in [0.5, 0.6) is 0 Å². The molecular weight excluding hydrogens is 204 g/mol. The van der Waals surface area contributed by atoms with Crippen molar-refractivity contribution >= 4 is 0 Å². The molecule has 1 aliphatic rings. The summed E-state index contributed by atoms with van der Waals surface area (Å²) in [6, 6.07) is 0. The predicted octanol–water partition coefficient (Wildman–Crippen LogP) is -3.42. The van der Waals surface area contributed by atoms with Gasteiger partial charge in [0, 0.05) is 0 Å². The van der Waals surface area contributed by atoms with Crippen molar-refractivity contribution < 1.29 is 21.9 Å². The van der Waals surface area contributed by atoms with E-state index in [-0.39, 0.29) is 17.0 Å². The first kappa shape index (κ1) is 11.4. The van der Waals surface area contributed by atoms with Crippen LogP contribution < -0.4 is 21.9 Å². The molecule has 0 bridgehead atoms. The highest BCUT2D eigenvalue weighted by Crippen LogP contribution is 1.84. The van der Waals surface area contributed by atoms with Gasteiger partial charge in [0.05, 0.1) is 19.6 Å². The molecule has 0 aromatic heterocycles. The van der Waals surface area contributed by atoms with Gasteiger partial charge in [0.15, 0.2) is 0 Å². The van der Waals surface area contributed by atoms with Crippen LogP contribution >= 0.6 is 0 Å². The number of hydrogen-bond acceptors (Lipinski definition) is 1. The third-order valence-corrected chi connectivity index (χ3v) is 2.22. The summed E-state index contributed by atoms with van der Waals surface area (Å²) >= 11 is 0. The molecule has 0 aromatic rings. The topological polar surface area (TPSA) is 7.68 Å². The van der Waals surface area contributed by atoms with Crippen molar-refractivity contribution in [2.75, 3.05) is 33.4 Å². The Hall–Kier alpha value is 0.400. The van der Waals surface area contributed by atoms with Gasteiger partial charge in [-0.25, -0.2) is 0 Å². The second-order valence-corrected chi connectivity index (χ2v) is 3.34. The summed E-state index contributed by atoms with van der Waals surface area (Å²) in [4.78, 5) is 4.18. The molecule has 0 saturated carbocycles. The standard InChI is InChI=1S/C8H18N2.BrH/c1-3-4-5-10-7-6-9(2)8-10;/h3-8H2,1-2H3;1H. The van der Waals surface area contributed by atoms with Crippen LogP contribution in [0.4, 0.5) is 0 Å². The van der Waals surface area contributed by atoms with E-state index in [0.717, 1.165) is 0 Å². The Morgan fingerprint density at radius 2 is 2.18 bits per heavy atom. The smallest absolute Gasteiger partial charge is 0.133 e. The lowest BCUT2D eigenvalue weighted by molar-refractivity contribution is -0.891. The maximum absolute atomic E-state index is 2.41. The Balaban J connectivity index is 0.000001000. The lowest BCUT2D eigenvalue weighted by Crippen LogP contribution is -3.10. The van der Waals surface area contributed by atoms with E-state index in [0.29, 0.717) is 0 Å². The molecule has 1 heterocycles. The third kappa shape index (κ3) is 4.09. The van der Waals surface area contributed by atoms with Gasteiger partial charge < -0.3 is 21.9 Å². The lowest BCUT2D eigenvalue weighted by Gasteiger charge is -2.10. The van der Waals surface area contributed by atoms with Crippen LogP contribution in [0.3, 0.4) is 0 Å². The van der Waals surface area contributed by atoms with Crippen molar-refractivity contribution in [1.29, 1.82) is 0 Å². The van der Waals surface area contributed by atoms with E-state index < -0.39 is 0 Å². The number of hydrogen-bond donors (Lipinski definition) is 1. The van der Waals surface area contributed by atoms with Crippen LogP contribution in [0.1, 0.15) is 19.8 Å². The molecule has 1 unspecified atom stereocenters. The number of likely N-dealkylation sites (N-methyl/N-ethyl adjacent to an activating group) is 1. The minimum absolute atomic E-state index is 0. The zero-order valence-corrected chi connectivity index (χ0v) is 9.15. The molecule has 0 aromatic carbocycles. The van der Waals surface area contributed by atoms with Crippen molar-refractivity contribution in [3.8, 4) is 0 Å². The largest absolute Gasteiger partial charge is 1.00 e. The Bertz CT molecular complexity index is 98.1. The van der Waals surface area contributed by atoms with Crippen molar-refractivity contribution in [3.63, 3.8) is 0 Å². The first-order valence-corrected chi connectivity index (χ1v) is 4.35. The maximum atomic E-state index is 2.41. The van der Waals surface area contributed by atoms with Gasteiger partial charge in [-0.1, -0.05) is 13.3 Å². The van der Waals surface area contributed by atoms with Gasteiger partial charge in [-0.05, 0) is 13.5 Å². The Labute approximate surface area is 80.3 Å². The molecule has 0 amide bonds. The van der Waals surface area contributed by atoms with Crippen molar-refractivity contribution in [3.05, 3.63) is 0 Å². The van der Waals surface area contributed by atoms with Crippen LogP contribution in [-0.4, -0.2) is 38.3 Å². The summed E-state index contributed by atoms with van der Waals surface area (Å²) in [7, 11) is 2.21. The van der Waals surface area contributed by atoms with Crippen LogP contribution in [0.15, 0.2) is 0 Å². The normalized spacial score (nSPS) is 25.1. The molecule has 0 radical (unpaired) electrons. The molecule has 1 atom stereocenters. The van der Waals surface area contributed by atoms with E-state index in [1.165, 1.54) is 39.1 Å². The van der Waals surface area contributed by atoms with Crippen molar-refractivity contribution in [2.24, 2.45) is 0 Å². The van der Waals surface area contributed by atoms with Gasteiger partial charge in [0.1, 0.15) is 6.67 Å². The van der Waals surface area contributed by atoms with Gasteiger partial charge in [-0.3, -0.25) is 4.90 Å². The summed E-state index contributed by atoms with van der Waals surface area (Å²) in [6.07, 6.45) is 2.73. The second kappa shape index (κ2) is 5.98. The predicted molar refractivity (Wildman–Crippen MR) is 43.1 cm³/mol. The lowest BCUT2D eigenvalue weighted by atomic mass is 10.3. The quantitative estimate of drug-likeness (QED) is 0.523. The summed E-state index contributed by atoms with van der Waals surface area (Å²) in [5.74, 6) is 0. The first-order valence-electron chi connectivity index (χ1n) is 4.35. The number of rotatable bonds is 3. The second-order valence-electron chi connectivity index (χ2n) is 3.34. The van der Waals surface area contributed by atoms with Gasteiger partial charge in [0.2, 0.25) is 0 Å². The third-order valence-electron chi connectivity index (χ3n) is 2.22. The monoisotopic (exact) mass is 222 g/mol. The molecular formula is C8H19BrN2. The number of nitrogens with zero attached hydrogens (tertiary/aromatic N) is 1. The molecule has 1 rings (SSSR count). The van der Waals surface area contributed by atoms with Crippen molar-refractivity contribution in [2.45, 2.75) is 19.8 Å². The minimum atomic E-state index is 0. The highest BCUT2D eigenvalue weighted by molar-refractivity contribution is 4.48. The SMILES string of the molecule is CCCC[NH+]1CCN(C)C1.[Br-]. The molecule has 0 aliphatic carbocycles. The molecule has 1 fully saturated rings. The number of quaternary nitrogens is 1. The van der Waals surface area contributed by atoms with Crippen LogP contribution in [-0.2, 0) is 0 Å². The van der Waals surface area contributed by atoms with Crippen molar-refractivity contribution in [1.82, 2.24) is 4.90 Å². The van der Waals surface area contributed by atoms with E-state index >= 15 is 0 Å². The first-order chi connectivity index (χ1) is 4.83. The summed E-state index contributed by atoms with van der Waals surface area (Å²) < 4.78 is 0. The minimum Gasteiger partial charge on any atom is -1.00 e. The van der Waals surface area contributed by atoms with E-state index in [4.69, 9.17) is 0 Å². The maximum Gasteiger partial charge on any atom is 0.133 e. The van der Waals surface area contributed by atoms with E-state index in [9.17, 15) is 0 Å². The fourth-order valence-electron chi connectivity index (χ4n) is 1.52. The zero-order valence-electron chi connectivity index (χ0n) is 7.57. The highest BCUT2D eigenvalue weighted by Gasteiger charge is 2.18. The average molecular weight is 223 g/mol. The van der Waals surface area contributed by atoms with Crippen LogP contribution in [0.2, 0.25) is 0 Å². The van der Waals surface area contributed by atoms with Crippen LogP contribution in [0, 0.1) is 0 Å². The molecule has 2 nitrogen and oxygen atoms in total. The Morgan fingerprint density at radius 1 is 1.45 bits per heavy atom. The average Bonchev–Trinajstić information content (AvgIpc) is 2.31. The van der Waals surface area contributed by atoms with Gasteiger partial charge in [0.25, 0.3) is 0 Å². The van der Waals surface area contributed by atoms with Gasteiger partial charge in [-0.2, -0.15) is 0 Å². The number of halogens is 1. The van der Waals surface area contributed by atoms with Crippen LogP contribution in [0.25, 0.3) is 0 Å². The van der Waals surface area contributed by atoms with E-state index in [2.05, 4.69) is 18.9 Å². The Morgan fingerprint density at radius 3 is 2.64 bits per heavy atom. The zero-order chi connectivity index (χ0) is 7.40. The fraction of sp³-hybridized carbons (Fsp3) is 1.00. The molecule has 1 saturated heterocycles. The Kier molecular flexibility index (Phi) is 6.19. The number of unbranched alkanes of at least 4 members (excludes halogenated alkanes) is 1. The summed E-state index contributed by atoms with van der Waals surface area (Å²) in [6.45, 7) is 7.55. The molecule has 1 N–H and O–H groups in total. The van der Waals surface area contributed by atoms with Gasteiger partial charge in [-0.15, -0.1) is 0 Å². The summed E-state index contributed by atoms with van der Waals surface area (Å²) in [5, 5.41) is 0.